The van der Waals surface area contributed by atoms with E-state index in [0.29, 0.717) is 44.2 Å². The quantitative estimate of drug-likeness (QED) is 0.422. The molecule has 0 bridgehead atoms. The van der Waals surface area contributed by atoms with Crippen LogP contribution in [0.25, 0.3) is 16.9 Å². The van der Waals surface area contributed by atoms with E-state index in [9.17, 15) is 8.42 Å². The van der Waals surface area contributed by atoms with Gasteiger partial charge in [0, 0.05) is 50.0 Å². The Morgan fingerprint density at radius 2 is 1.56 bits per heavy atom. The predicted molar refractivity (Wildman–Crippen MR) is 129 cm³/mol. The van der Waals surface area contributed by atoms with Gasteiger partial charge in [0.1, 0.15) is 10.6 Å². The Balaban J connectivity index is 1.36. The van der Waals surface area contributed by atoms with Gasteiger partial charge in [-0.15, -0.1) is 0 Å². The van der Waals surface area contributed by atoms with Crippen LogP contribution in [-0.2, 0) is 16.6 Å². The lowest BCUT2D eigenvalue weighted by Crippen LogP contribution is -2.48. The second kappa shape index (κ2) is 9.17. The lowest BCUT2D eigenvalue weighted by molar-refractivity contribution is 0.181. The fourth-order valence-electron chi connectivity index (χ4n) is 4.42. The van der Waals surface area contributed by atoms with Crippen molar-refractivity contribution in [3.63, 3.8) is 0 Å². The Labute approximate surface area is 199 Å². The number of rotatable bonds is 6. The van der Waals surface area contributed by atoms with Gasteiger partial charge < -0.3 is 4.52 Å². The molecule has 1 aliphatic rings. The fourth-order valence-corrected chi connectivity index (χ4v) is 6.13. The van der Waals surface area contributed by atoms with Crippen molar-refractivity contribution < 1.29 is 12.9 Å². The van der Waals surface area contributed by atoms with Crippen molar-refractivity contribution in [1.82, 2.24) is 24.1 Å². The van der Waals surface area contributed by atoms with Crippen LogP contribution in [0.3, 0.4) is 0 Å². The van der Waals surface area contributed by atoms with E-state index in [1.807, 2.05) is 53.2 Å². The lowest BCUT2D eigenvalue weighted by Gasteiger charge is -2.33. The topological polar surface area (TPSA) is 84.5 Å². The van der Waals surface area contributed by atoms with Gasteiger partial charge in [0.2, 0.25) is 10.0 Å². The Morgan fingerprint density at radius 3 is 2.18 bits per heavy atom. The molecule has 34 heavy (non-hydrogen) atoms. The van der Waals surface area contributed by atoms with Crippen LogP contribution in [0.15, 0.2) is 76.3 Å². The average Bonchev–Trinajstić information content (AvgIpc) is 3.43. The van der Waals surface area contributed by atoms with Crippen LogP contribution < -0.4 is 0 Å². The first-order valence-electron chi connectivity index (χ1n) is 11.3. The molecule has 0 N–H and O–H groups in total. The van der Waals surface area contributed by atoms with Crippen LogP contribution >= 0.6 is 0 Å². The van der Waals surface area contributed by atoms with Crippen molar-refractivity contribution in [3.8, 4) is 16.9 Å². The summed E-state index contributed by atoms with van der Waals surface area (Å²) in [7, 11) is -3.63. The van der Waals surface area contributed by atoms with Gasteiger partial charge in [0.05, 0.1) is 11.4 Å². The summed E-state index contributed by atoms with van der Waals surface area (Å²) in [5.41, 5.74) is 4.51. The zero-order valence-corrected chi connectivity index (χ0v) is 20.1. The minimum Gasteiger partial charge on any atom is -0.360 e. The number of para-hydroxylation sites is 1. The second-order valence-electron chi connectivity index (χ2n) is 8.48. The third-order valence-corrected chi connectivity index (χ3v) is 8.29. The maximum absolute atomic E-state index is 13.1. The van der Waals surface area contributed by atoms with Crippen LogP contribution in [0.1, 0.15) is 17.0 Å². The van der Waals surface area contributed by atoms with E-state index in [2.05, 4.69) is 28.4 Å². The van der Waals surface area contributed by atoms with E-state index in [1.54, 1.807) is 13.8 Å². The summed E-state index contributed by atoms with van der Waals surface area (Å²) in [5.74, 6) is 0.334. The number of hydrogen-bond acceptors (Lipinski definition) is 6. The molecule has 2 aromatic heterocycles. The standard InChI is InChI=1S/C25H27N5O3S/c1-19-25(20(2)33-27-19)34(31,32)29-15-13-28(14-16-29)17-22-18-30(23-11-7-4-8-12-23)26-24(22)21-9-5-3-6-10-21/h3-12,18H,13-17H2,1-2H3. The Hall–Kier alpha value is -3.27. The number of sulfonamides is 1. The largest absolute Gasteiger partial charge is 0.360 e. The third kappa shape index (κ3) is 4.29. The van der Waals surface area contributed by atoms with Crippen LogP contribution in [-0.4, -0.2) is 58.7 Å². The van der Waals surface area contributed by atoms with Gasteiger partial charge >= 0.3 is 0 Å². The average molecular weight is 478 g/mol. The van der Waals surface area contributed by atoms with Crippen LogP contribution in [0.5, 0.6) is 0 Å². The number of aryl methyl sites for hydroxylation is 2. The van der Waals surface area contributed by atoms with Crippen molar-refractivity contribution in [2.24, 2.45) is 0 Å². The van der Waals surface area contributed by atoms with E-state index in [-0.39, 0.29) is 4.90 Å². The molecule has 5 rings (SSSR count). The van der Waals surface area contributed by atoms with E-state index in [4.69, 9.17) is 9.62 Å². The van der Waals surface area contributed by atoms with Gasteiger partial charge in [-0.3, -0.25) is 4.90 Å². The Kier molecular flexibility index (Phi) is 6.07. The molecule has 0 aliphatic carbocycles. The van der Waals surface area contributed by atoms with E-state index in [1.165, 1.54) is 4.31 Å². The molecule has 1 fully saturated rings. The second-order valence-corrected chi connectivity index (χ2v) is 10.4. The molecule has 1 saturated heterocycles. The molecule has 0 radical (unpaired) electrons. The highest BCUT2D eigenvalue weighted by atomic mass is 32.2. The van der Waals surface area contributed by atoms with Gasteiger partial charge in [-0.1, -0.05) is 53.7 Å². The first-order chi connectivity index (χ1) is 16.4. The molecule has 176 valence electrons. The maximum Gasteiger partial charge on any atom is 0.248 e. The minimum absolute atomic E-state index is 0.191. The van der Waals surface area contributed by atoms with Crippen LogP contribution in [0, 0.1) is 13.8 Å². The number of piperazine rings is 1. The van der Waals surface area contributed by atoms with E-state index in [0.717, 1.165) is 22.5 Å². The fraction of sp³-hybridized carbons (Fsp3) is 0.280. The monoisotopic (exact) mass is 477 g/mol. The molecule has 9 heteroatoms. The Morgan fingerprint density at radius 1 is 0.912 bits per heavy atom. The molecule has 4 aromatic rings. The van der Waals surface area contributed by atoms with Gasteiger partial charge in [-0.25, -0.2) is 13.1 Å². The summed E-state index contributed by atoms with van der Waals surface area (Å²) >= 11 is 0. The van der Waals surface area contributed by atoms with Crippen LogP contribution in [0.2, 0.25) is 0 Å². The Bertz CT molecular complexity index is 1350. The summed E-state index contributed by atoms with van der Waals surface area (Å²) in [5, 5.41) is 8.70. The molecular weight excluding hydrogens is 450 g/mol. The predicted octanol–water partition coefficient (Wildman–Crippen LogP) is 3.65. The number of aromatic nitrogens is 3. The van der Waals surface area contributed by atoms with E-state index < -0.39 is 10.0 Å². The van der Waals surface area contributed by atoms with Gasteiger partial charge in [-0.2, -0.15) is 9.40 Å². The highest BCUT2D eigenvalue weighted by Gasteiger charge is 2.33. The zero-order valence-electron chi connectivity index (χ0n) is 19.3. The summed E-state index contributed by atoms with van der Waals surface area (Å²) in [6, 6.07) is 20.2. The summed E-state index contributed by atoms with van der Waals surface area (Å²) < 4.78 is 34.8. The highest BCUT2D eigenvalue weighted by molar-refractivity contribution is 7.89. The van der Waals surface area contributed by atoms with Crippen molar-refractivity contribution >= 4 is 10.0 Å². The lowest BCUT2D eigenvalue weighted by atomic mass is 10.1. The smallest absolute Gasteiger partial charge is 0.248 e. The third-order valence-electron chi connectivity index (χ3n) is 6.15. The van der Waals surface area contributed by atoms with Crippen molar-refractivity contribution in [2.45, 2.75) is 25.3 Å². The van der Waals surface area contributed by atoms with Crippen molar-refractivity contribution in [1.29, 1.82) is 0 Å². The molecular formula is C25H27N5O3S. The summed E-state index contributed by atoms with van der Waals surface area (Å²) in [6.07, 6.45) is 2.07. The zero-order chi connectivity index (χ0) is 23.7. The van der Waals surface area contributed by atoms with E-state index >= 15 is 0 Å². The first kappa shape index (κ1) is 22.5. The van der Waals surface area contributed by atoms with Crippen molar-refractivity contribution in [3.05, 3.63) is 83.9 Å². The van der Waals surface area contributed by atoms with Gasteiger partial charge in [-0.05, 0) is 26.0 Å². The van der Waals surface area contributed by atoms with Crippen LogP contribution in [0.4, 0.5) is 0 Å². The SMILES string of the molecule is Cc1noc(C)c1S(=O)(=O)N1CCN(Cc2cn(-c3ccccc3)nc2-c2ccccc2)CC1. The first-order valence-corrected chi connectivity index (χ1v) is 12.7. The number of hydrogen-bond donors (Lipinski definition) is 0. The molecule has 0 spiro atoms. The minimum atomic E-state index is -3.63. The van der Waals surface area contributed by atoms with Gasteiger partial charge in [0.25, 0.3) is 0 Å². The normalized spacial score (nSPS) is 15.6. The van der Waals surface area contributed by atoms with Crippen molar-refractivity contribution in [2.75, 3.05) is 26.2 Å². The molecule has 3 heterocycles. The van der Waals surface area contributed by atoms with Gasteiger partial charge in [0.15, 0.2) is 5.76 Å². The molecule has 0 unspecified atom stereocenters. The molecule has 8 nitrogen and oxygen atoms in total. The number of nitrogens with zero attached hydrogens (tertiary/aromatic N) is 5. The number of benzene rings is 2. The molecule has 0 saturated carbocycles. The molecule has 0 amide bonds. The molecule has 0 atom stereocenters. The molecule has 1 aliphatic heterocycles. The highest BCUT2D eigenvalue weighted by Crippen LogP contribution is 2.27. The molecule has 2 aromatic carbocycles. The maximum atomic E-state index is 13.1. The summed E-state index contributed by atoms with van der Waals surface area (Å²) in [6.45, 7) is 6.09. The summed E-state index contributed by atoms with van der Waals surface area (Å²) in [4.78, 5) is 2.47.